The number of aliphatic hydroxyl groups excluding tert-OH is 1. The second-order valence-electron chi connectivity index (χ2n) is 3.63. The molecule has 2 unspecified atom stereocenters. The van der Waals surface area contributed by atoms with Gasteiger partial charge in [0.25, 0.3) is 0 Å². The number of rotatable bonds is 0. The Morgan fingerprint density at radius 1 is 1.12 bits per heavy atom. The fraction of sp³-hybridized carbons (Fsp3) is 1.00. The molecular formula is C7H10O. The molecule has 4 fully saturated rings. The SMILES string of the molecule is O[C@@H]1C2CC3C(C2)C31. The van der Waals surface area contributed by atoms with E-state index in [0.717, 1.165) is 23.7 Å². The first-order chi connectivity index (χ1) is 3.88. The van der Waals surface area contributed by atoms with Gasteiger partial charge in [0.1, 0.15) is 0 Å². The van der Waals surface area contributed by atoms with E-state index in [1.165, 1.54) is 12.8 Å². The molecule has 8 heavy (non-hydrogen) atoms. The van der Waals surface area contributed by atoms with E-state index >= 15 is 0 Å². The summed E-state index contributed by atoms with van der Waals surface area (Å²) in [6.45, 7) is 0. The van der Waals surface area contributed by atoms with Crippen molar-refractivity contribution in [3.63, 3.8) is 0 Å². The molecule has 0 aromatic heterocycles. The third-order valence-electron chi connectivity index (χ3n) is 3.43. The summed E-state index contributed by atoms with van der Waals surface area (Å²) in [6, 6.07) is 0. The molecule has 0 saturated heterocycles. The van der Waals surface area contributed by atoms with Gasteiger partial charge in [-0.25, -0.2) is 0 Å². The highest BCUT2D eigenvalue weighted by molar-refractivity contribution is 5.16. The monoisotopic (exact) mass is 110 g/mol. The van der Waals surface area contributed by atoms with Crippen molar-refractivity contribution in [2.45, 2.75) is 18.9 Å². The van der Waals surface area contributed by atoms with Crippen LogP contribution in [0.25, 0.3) is 0 Å². The Balaban J connectivity index is 2.10. The predicted octanol–water partition coefficient (Wildman–Crippen LogP) is 0.633. The van der Waals surface area contributed by atoms with Gasteiger partial charge in [0, 0.05) is 0 Å². The fourth-order valence-electron chi connectivity index (χ4n) is 3.03. The van der Waals surface area contributed by atoms with Crippen LogP contribution in [0.4, 0.5) is 0 Å². The van der Waals surface area contributed by atoms with Gasteiger partial charge in [-0.1, -0.05) is 0 Å². The van der Waals surface area contributed by atoms with Crippen LogP contribution in [0, 0.1) is 23.7 Å². The molecule has 0 heterocycles. The van der Waals surface area contributed by atoms with Crippen molar-refractivity contribution in [3.8, 4) is 0 Å². The Morgan fingerprint density at radius 3 is 1.88 bits per heavy atom. The predicted molar refractivity (Wildman–Crippen MR) is 29.2 cm³/mol. The van der Waals surface area contributed by atoms with Gasteiger partial charge in [-0.3, -0.25) is 0 Å². The van der Waals surface area contributed by atoms with Crippen LogP contribution in [0.15, 0.2) is 0 Å². The standard InChI is InChI=1S/C7H10O/c8-7-3-1-4-5(2-3)6(4)7/h3-8H,1-2H2/t3?,4?,5?,6?,7-/m1/s1. The highest BCUT2D eigenvalue weighted by Crippen LogP contribution is 2.70. The zero-order valence-corrected chi connectivity index (χ0v) is 4.75. The van der Waals surface area contributed by atoms with Crippen molar-refractivity contribution < 1.29 is 5.11 Å². The first-order valence-electron chi connectivity index (χ1n) is 3.56. The van der Waals surface area contributed by atoms with Gasteiger partial charge >= 0.3 is 0 Å². The van der Waals surface area contributed by atoms with E-state index in [-0.39, 0.29) is 6.10 Å². The second-order valence-corrected chi connectivity index (χ2v) is 3.63. The molecule has 1 N–H and O–H groups in total. The topological polar surface area (TPSA) is 20.2 Å². The van der Waals surface area contributed by atoms with Crippen LogP contribution < -0.4 is 0 Å². The van der Waals surface area contributed by atoms with Crippen LogP contribution in [-0.4, -0.2) is 11.2 Å². The zero-order chi connectivity index (χ0) is 5.30. The minimum atomic E-state index is 0.130. The van der Waals surface area contributed by atoms with Crippen molar-refractivity contribution >= 4 is 0 Å². The molecule has 0 spiro atoms. The lowest BCUT2D eigenvalue weighted by molar-refractivity contribution is 0.135. The normalized spacial score (nSPS) is 73.9. The lowest BCUT2D eigenvalue weighted by Crippen LogP contribution is -2.09. The third kappa shape index (κ3) is 0.218. The van der Waals surface area contributed by atoms with E-state index in [1.54, 1.807) is 0 Å². The summed E-state index contributed by atoms with van der Waals surface area (Å²) < 4.78 is 0. The molecule has 0 radical (unpaired) electrons. The number of hydrogen-bond donors (Lipinski definition) is 1. The molecule has 0 aromatic carbocycles. The molecule has 44 valence electrons. The van der Waals surface area contributed by atoms with Crippen molar-refractivity contribution in [1.29, 1.82) is 0 Å². The molecule has 4 rings (SSSR count). The first kappa shape index (κ1) is 3.89. The Bertz CT molecular complexity index is 129. The van der Waals surface area contributed by atoms with E-state index in [0.29, 0.717) is 0 Å². The van der Waals surface area contributed by atoms with Gasteiger partial charge in [-0.2, -0.15) is 0 Å². The molecule has 4 saturated carbocycles. The Hall–Kier alpha value is -0.0400. The molecular weight excluding hydrogens is 100 g/mol. The van der Waals surface area contributed by atoms with Gasteiger partial charge in [-0.05, 0) is 36.5 Å². The molecule has 4 aliphatic rings. The Labute approximate surface area is 48.7 Å². The summed E-state index contributed by atoms with van der Waals surface area (Å²) in [6.07, 6.45) is 2.84. The maximum absolute atomic E-state index is 9.35. The van der Waals surface area contributed by atoms with Gasteiger partial charge in [0.2, 0.25) is 0 Å². The quantitative estimate of drug-likeness (QED) is 0.485. The van der Waals surface area contributed by atoms with Crippen molar-refractivity contribution in [2.75, 3.05) is 0 Å². The van der Waals surface area contributed by atoms with Crippen LogP contribution >= 0.6 is 0 Å². The van der Waals surface area contributed by atoms with Crippen molar-refractivity contribution in [3.05, 3.63) is 0 Å². The summed E-state index contributed by atoms with van der Waals surface area (Å²) in [5.41, 5.74) is 0. The maximum Gasteiger partial charge on any atom is 0.0602 e. The molecule has 0 aliphatic heterocycles. The molecule has 1 nitrogen and oxygen atoms in total. The van der Waals surface area contributed by atoms with Crippen LogP contribution in [0.2, 0.25) is 0 Å². The average molecular weight is 110 g/mol. The fourth-order valence-corrected chi connectivity index (χ4v) is 3.03. The average Bonchev–Trinajstić information content (AvgIpc) is 2.23. The van der Waals surface area contributed by atoms with Crippen molar-refractivity contribution in [1.82, 2.24) is 0 Å². The van der Waals surface area contributed by atoms with Crippen LogP contribution in [-0.2, 0) is 0 Å². The minimum Gasteiger partial charge on any atom is -0.393 e. The molecule has 0 aromatic rings. The minimum absolute atomic E-state index is 0.130. The Morgan fingerprint density at radius 2 is 1.75 bits per heavy atom. The van der Waals surface area contributed by atoms with E-state index in [9.17, 15) is 5.11 Å². The summed E-state index contributed by atoms with van der Waals surface area (Å²) >= 11 is 0. The lowest BCUT2D eigenvalue weighted by Gasteiger charge is -2.03. The zero-order valence-electron chi connectivity index (χ0n) is 4.75. The number of hydrogen-bond acceptors (Lipinski definition) is 1. The molecule has 3 atom stereocenters. The summed E-state index contributed by atoms with van der Waals surface area (Å²) in [5, 5.41) is 9.35. The van der Waals surface area contributed by atoms with Gasteiger partial charge in [0.15, 0.2) is 0 Å². The highest BCUT2D eigenvalue weighted by Gasteiger charge is 2.68. The van der Waals surface area contributed by atoms with Gasteiger partial charge in [0.05, 0.1) is 6.10 Å². The third-order valence-corrected chi connectivity index (χ3v) is 3.43. The smallest absolute Gasteiger partial charge is 0.0602 e. The Kier molecular flexibility index (Phi) is 0.418. The van der Waals surface area contributed by atoms with Crippen LogP contribution in [0.5, 0.6) is 0 Å². The summed E-state index contributed by atoms with van der Waals surface area (Å²) in [4.78, 5) is 0. The van der Waals surface area contributed by atoms with Crippen LogP contribution in [0.1, 0.15) is 12.8 Å². The summed E-state index contributed by atoms with van der Waals surface area (Å²) in [5.74, 6) is 3.47. The van der Waals surface area contributed by atoms with Crippen molar-refractivity contribution in [2.24, 2.45) is 23.7 Å². The van der Waals surface area contributed by atoms with E-state index < -0.39 is 0 Å². The molecule has 4 aliphatic carbocycles. The molecule has 1 heteroatoms. The first-order valence-corrected chi connectivity index (χ1v) is 3.56. The van der Waals surface area contributed by atoms with Gasteiger partial charge < -0.3 is 5.11 Å². The van der Waals surface area contributed by atoms with E-state index in [2.05, 4.69) is 0 Å². The second kappa shape index (κ2) is 0.860. The summed E-state index contributed by atoms with van der Waals surface area (Å²) in [7, 11) is 0. The molecule has 0 amide bonds. The molecule has 4 bridgehead atoms. The lowest BCUT2D eigenvalue weighted by atomic mass is 10.1. The maximum atomic E-state index is 9.35. The van der Waals surface area contributed by atoms with Crippen LogP contribution in [0.3, 0.4) is 0 Å². The number of aliphatic hydroxyl groups is 1. The highest BCUT2D eigenvalue weighted by atomic mass is 16.3. The van der Waals surface area contributed by atoms with Gasteiger partial charge in [-0.15, -0.1) is 0 Å². The van der Waals surface area contributed by atoms with E-state index in [4.69, 9.17) is 0 Å². The van der Waals surface area contributed by atoms with E-state index in [1.807, 2.05) is 0 Å². The largest absolute Gasteiger partial charge is 0.393 e.